The molecule has 3 rings (SSSR count). The summed E-state index contributed by atoms with van der Waals surface area (Å²) in [6, 6.07) is 10.0. The van der Waals surface area contributed by atoms with Crippen molar-refractivity contribution >= 4 is 29.2 Å². The highest BCUT2D eigenvalue weighted by atomic mass is 16.5. The Bertz CT molecular complexity index is 754. The zero-order chi connectivity index (χ0) is 16.9. The molecular weight excluding hydrogens is 312 g/mol. The van der Waals surface area contributed by atoms with E-state index >= 15 is 0 Å². The Morgan fingerprint density at radius 3 is 2.75 bits per heavy atom. The second-order valence-electron chi connectivity index (χ2n) is 5.27. The molecule has 7 nitrogen and oxygen atoms in total. The predicted octanol–water partition coefficient (Wildman–Crippen LogP) is 2.20. The van der Waals surface area contributed by atoms with E-state index in [4.69, 9.17) is 9.15 Å². The van der Waals surface area contributed by atoms with Crippen LogP contribution in [0.5, 0.6) is 0 Å². The molecule has 0 spiro atoms. The Morgan fingerprint density at radius 2 is 2.04 bits per heavy atom. The topological polar surface area (TPSA) is 88.8 Å². The van der Waals surface area contributed by atoms with E-state index in [0.717, 1.165) is 6.42 Å². The van der Waals surface area contributed by atoms with E-state index in [1.807, 2.05) is 0 Å². The van der Waals surface area contributed by atoms with Crippen molar-refractivity contribution in [2.24, 2.45) is 0 Å². The zero-order valence-electron chi connectivity index (χ0n) is 12.9. The van der Waals surface area contributed by atoms with Crippen LogP contribution in [0.25, 0.3) is 0 Å². The maximum Gasteiger partial charge on any atom is 0.374 e. The summed E-state index contributed by atoms with van der Waals surface area (Å²) in [6.45, 7) is 0.182. The lowest BCUT2D eigenvalue weighted by molar-refractivity contribution is -0.119. The number of anilines is 2. The third-order valence-electron chi connectivity index (χ3n) is 3.60. The van der Waals surface area contributed by atoms with Crippen LogP contribution in [0.15, 0.2) is 47.1 Å². The average Bonchev–Trinajstić information content (AvgIpc) is 3.25. The van der Waals surface area contributed by atoms with Crippen LogP contribution in [-0.4, -0.2) is 30.9 Å². The fraction of sp³-hybridized carbons (Fsp3) is 0.235. The molecule has 124 valence electrons. The summed E-state index contributed by atoms with van der Waals surface area (Å²) in [7, 11) is 0. The molecule has 1 aliphatic heterocycles. The van der Waals surface area contributed by atoms with Crippen LogP contribution < -0.4 is 10.2 Å². The van der Waals surface area contributed by atoms with E-state index in [0.29, 0.717) is 24.3 Å². The minimum Gasteiger partial charge on any atom is -0.457 e. The molecule has 0 unspecified atom stereocenters. The number of ether oxygens (including phenoxy) is 1. The van der Waals surface area contributed by atoms with Crippen molar-refractivity contribution in [1.82, 2.24) is 0 Å². The summed E-state index contributed by atoms with van der Waals surface area (Å²) in [6.07, 6.45) is 2.64. The SMILES string of the molecule is O=C(COC(=O)c1ccco1)Nc1ccccc1N1CCCC1=O. The van der Waals surface area contributed by atoms with E-state index < -0.39 is 18.5 Å². The minimum absolute atomic E-state index is 0.0287. The molecule has 1 saturated heterocycles. The van der Waals surface area contributed by atoms with Gasteiger partial charge in [-0.3, -0.25) is 9.59 Å². The zero-order valence-corrected chi connectivity index (χ0v) is 12.9. The Hall–Kier alpha value is -3.09. The molecule has 2 aromatic rings. The second kappa shape index (κ2) is 6.99. The summed E-state index contributed by atoms with van der Waals surface area (Å²) in [5.41, 5.74) is 1.15. The van der Waals surface area contributed by atoms with Crippen molar-refractivity contribution in [3.05, 3.63) is 48.4 Å². The van der Waals surface area contributed by atoms with Crippen LogP contribution >= 0.6 is 0 Å². The lowest BCUT2D eigenvalue weighted by Gasteiger charge is -2.19. The molecule has 2 heterocycles. The van der Waals surface area contributed by atoms with Gasteiger partial charge in [0.1, 0.15) is 0 Å². The number of hydrogen-bond acceptors (Lipinski definition) is 5. The fourth-order valence-electron chi connectivity index (χ4n) is 2.50. The standard InChI is InChI=1S/C17H16N2O5/c20-15(11-24-17(22)14-7-4-10-23-14)18-12-5-1-2-6-13(12)19-9-3-8-16(19)21/h1-2,4-7,10H,3,8-9,11H2,(H,18,20). The van der Waals surface area contributed by atoms with Crippen molar-refractivity contribution in [3.63, 3.8) is 0 Å². The van der Waals surface area contributed by atoms with Gasteiger partial charge in [0.2, 0.25) is 11.7 Å². The van der Waals surface area contributed by atoms with E-state index in [1.54, 1.807) is 35.2 Å². The highest BCUT2D eigenvalue weighted by Gasteiger charge is 2.24. The van der Waals surface area contributed by atoms with Crippen LogP contribution in [0.3, 0.4) is 0 Å². The summed E-state index contributed by atoms with van der Waals surface area (Å²) >= 11 is 0. The molecule has 1 aromatic heterocycles. The van der Waals surface area contributed by atoms with E-state index in [2.05, 4.69) is 5.32 Å². The van der Waals surface area contributed by atoms with Gasteiger partial charge < -0.3 is 19.4 Å². The van der Waals surface area contributed by atoms with Gasteiger partial charge in [0, 0.05) is 13.0 Å². The number of furan rings is 1. The van der Waals surface area contributed by atoms with Crippen LogP contribution in [0.2, 0.25) is 0 Å². The summed E-state index contributed by atoms with van der Waals surface area (Å²) in [4.78, 5) is 37.2. The molecule has 2 amide bonds. The van der Waals surface area contributed by atoms with Crippen molar-refractivity contribution in [2.45, 2.75) is 12.8 Å². The molecule has 0 radical (unpaired) electrons. The molecule has 0 atom stereocenters. The lowest BCUT2D eigenvalue weighted by Crippen LogP contribution is -2.26. The number of nitrogens with one attached hydrogen (secondary N) is 1. The van der Waals surface area contributed by atoms with Gasteiger partial charge in [0.25, 0.3) is 5.91 Å². The van der Waals surface area contributed by atoms with E-state index in [-0.39, 0.29) is 11.7 Å². The minimum atomic E-state index is -0.710. The van der Waals surface area contributed by atoms with Gasteiger partial charge in [-0.2, -0.15) is 0 Å². The molecule has 0 bridgehead atoms. The number of esters is 1. The average molecular weight is 328 g/mol. The Morgan fingerprint density at radius 1 is 1.21 bits per heavy atom. The largest absolute Gasteiger partial charge is 0.457 e. The van der Waals surface area contributed by atoms with Gasteiger partial charge >= 0.3 is 5.97 Å². The predicted molar refractivity (Wildman–Crippen MR) is 85.6 cm³/mol. The number of para-hydroxylation sites is 2. The number of benzene rings is 1. The van der Waals surface area contributed by atoms with Gasteiger partial charge in [0.05, 0.1) is 17.6 Å². The maximum atomic E-state index is 12.0. The first-order chi connectivity index (χ1) is 11.6. The van der Waals surface area contributed by atoms with Gasteiger partial charge in [-0.05, 0) is 30.7 Å². The van der Waals surface area contributed by atoms with Gasteiger partial charge in [-0.25, -0.2) is 4.79 Å². The van der Waals surface area contributed by atoms with Gasteiger partial charge in [0.15, 0.2) is 6.61 Å². The van der Waals surface area contributed by atoms with E-state index in [9.17, 15) is 14.4 Å². The molecule has 0 aliphatic carbocycles. The van der Waals surface area contributed by atoms with Crippen molar-refractivity contribution in [3.8, 4) is 0 Å². The number of nitrogens with zero attached hydrogens (tertiary/aromatic N) is 1. The smallest absolute Gasteiger partial charge is 0.374 e. The molecule has 1 N–H and O–H groups in total. The van der Waals surface area contributed by atoms with Gasteiger partial charge in [-0.1, -0.05) is 12.1 Å². The van der Waals surface area contributed by atoms with E-state index in [1.165, 1.54) is 12.3 Å². The third kappa shape index (κ3) is 3.45. The summed E-state index contributed by atoms with van der Waals surface area (Å²) in [5, 5.41) is 2.67. The Balaban J connectivity index is 1.62. The molecule has 1 aromatic carbocycles. The number of hydrogen-bond donors (Lipinski definition) is 1. The third-order valence-corrected chi connectivity index (χ3v) is 3.60. The molecule has 1 aliphatic rings. The Kier molecular flexibility index (Phi) is 4.60. The molecule has 0 saturated carbocycles. The number of carbonyl (C=O) groups is 3. The summed E-state index contributed by atoms with van der Waals surface area (Å²) in [5.74, 6) is -1.14. The quantitative estimate of drug-likeness (QED) is 0.850. The monoisotopic (exact) mass is 328 g/mol. The molecule has 1 fully saturated rings. The molecule has 7 heteroatoms. The first kappa shape index (κ1) is 15.8. The number of amides is 2. The number of rotatable bonds is 5. The van der Waals surface area contributed by atoms with Crippen LogP contribution in [-0.2, 0) is 14.3 Å². The summed E-state index contributed by atoms with van der Waals surface area (Å²) < 4.78 is 9.78. The van der Waals surface area contributed by atoms with Crippen molar-refractivity contribution < 1.29 is 23.5 Å². The first-order valence-electron chi connectivity index (χ1n) is 7.55. The second-order valence-corrected chi connectivity index (χ2v) is 5.27. The Labute approximate surface area is 138 Å². The molecule has 24 heavy (non-hydrogen) atoms. The highest BCUT2D eigenvalue weighted by molar-refractivity contribution is 6.02. The number of carbonyl (C=O) groups excluding carboxylic acids is 3. The van der Waals surface area contributed by atoms with Crippen LogP contribution in [0, 0.1) is 0 Å². The fourth-order valence-corrected chi connectivity index (χ4v) is 2.50. The van der Waals surface area contributed by atoms with Gasteiger partial charge in [-0.15, -0.1) is 0 Å². The first-order valence-corrected chi connectivity index (χ1v) is 7.55. The highest BCUT2D eigenvalue weighted by Crippen LogP contribution is 2.29. The van der Waals surface area contributed by atoms with Crippen molar-refractivity contribution in [1.29, 1.82) is 0 Å². The lowest BCUT2D eigenvalue weighted by atomic mass is 10.2. The van der Waals surface area contributed by atoms with Crippen LogP contribution in [0.1, 0.15) is 23.4 Å². The van der Waals surface area contributed by atoms with Crippen LogP contribution in [0.4, 0.5) is 11.4 Å². The van der Waals surface area contributed by atoms with Crippen molar-refractivity contribution in [2.75, 3.05) is 23.4 Å². The molecular formula is C17H16N2O5. The normalized spacial score (nSPS) is 13.8. The maximum absolute atomic E-state index is 12.0.